The number of carbonyl (C=O) groups is 2. The molecule has 0 aromatic heterocycles. The number of hydrogen-bond acceptors (Lipinski definition) is 6. The van der Waals surface area contributed by atoms with Crippen LogP contribution in [0, 0.1) is 5.92 Å². The van der Waals surface area contributed by atoms with E-state index in [1.54, 1.807) is 19.1 Å². The summed E-state index contributed by atoms with van der Waals surface area (Å²) in [6.45, 7) is 6.95. The molecule has 4 aliphatic rings. The zero-order valence-electron chi connectivity index (χ0n) is 19.7. The standard InChI is InChI=1S/C24H33N6O3/c1-17-15-29(18-7-9-19(33-3)10-8-18)23-25-21-20(30(23)16-17)22(31)28(24(32)26(21)2)14-13-27-11-5-4-6-12-27/h7-10,17,20H,4-6,11-16H2,1-3H3/q+1. The Morgan fingerprint density at radius 3 is 2.52 bits per heavy atom. The van der Waals surface area contributed by atoms with Crippen LogP contribution >= 0.6 is 0 Å². The molecule has 3 amide bonds. The van der Waals surface area contributed by atoms with Gasteiger partial charge >= 0.3 is 12.0 Å². The van der Waals surface area contributed by atoms with Crippen molar-refractivity contribution >= 4 is 29.4 Å². The number of methoxy groups -OCH3 is 1. The number of aliphatic imine (C=N–C) groups is 1. The van der Waals surface area contributed by atoms with Crippen LogP contribution in [0.15, 0.2) is 29.3 Å². The van der Waals surface area contributed by atoms with E-state index in [0.29, 0.717) is 18.3 Å². The molecule has 33 heavy (non-hydrogen) atoms. The molecule has 2 saturated heterocycles. The fourth-order valence-corrected chi connectivity index (χ4v) is 5.31. The van der Waals surface area contributed by atoms with Gasteiger partial charge in [-0.1, -0.05) is 18.3 Å². The number of amides is 3. The Morgan fingerprint density at radius 1 is 1.09 bits per heavy atom. The van der Waals surface area contributed by atoms with Gasteiger partial charge in [0.05, 0.1) is 20.2 Å². The number of ether oxygens (including phenoxy) is 1. The average molecular weight is 454 g/mol. The van der Waals surface area contributed by atoms with E-state index in [2.05, 4.69) is 21.3 Å². The monoisotopic (exact) mass is 453 g/mol. The van der Waals surface area contributed by atoms with Crippen molar-refractivity contribution in [2.24, 2.45) is 10.9 Å². The Bertz CT molecular complexity index is 998. The summed E-state index contributed by atoms with van der Waals surface area (Å²) < 4.78 is 7.38. The van der Waals surface area contributed by atoms with E-state index in [0.717, 1.165) is 50.1 Å². The number of fused-ring (bicyclic) bond motifs is 2. The molecular weight excluding hydrogens is 420 g/mol. The maximum atomic E-state index is 13.6. The van der Waals surface area contributed by atoms with Crippen LogP contribution < -0.4 is 9.64 Å². The quantitative estimate of drug-likeness (QED) is 0.635. The smallest absolute Gasteiger partial charge is 0.397 e. The molecule has 9 heteroatoms. The van der Waals surface area contributed by atoms with Crippen LogP contribution in [0.4, 0.5) is 10.5 Å². The van der Waals surface area contributed by atoms with Crippen molar-refractivity contribution in [1.29, 1.82) is 0 Å². The number of nitrogens with zero attached hydrogens (tertiary/aromatic N) is 6. The fraction of sp³-hybridized carbons (Fsp3) is 0.583. The average Bonchev–Trinajstić information content (AvgIpc) is 3.22. The Morgan fingerprint density at radius 2 is 1.82 bits per heavy atom. The Balaban J connectivity index is 1.42. The lowest BCUT2D eigenvalue weighted by molar-refractivity contribution is -0.545. The summed E-state index contributed by atoms with van der Waals surface area (Å²) in [6.07, 6.45) is 3.64. The molecule has 0 saturated carbocycles. The maximum absolute atomic E-state index is 13.6. The van der Waals surface area contributed by atoms with Gasteiger partial charge in [0, 0.05) is 26.1 Å². The molecule has 4 heterocycles. The number of rotatable bonds is 5. The predicted octanol–water partition coefficient (Wildman–Crippen LogP) is 1.68. The van der Waals surface area contributed by atoms with Crippen molar-refractivity contribution in [1.82, 2.24) is 14.7 Å². The van der Waals surface area contributed by atoms with Crippen molar-refractivity contribution in [3.05, 3.63) is 24.3 Å². The zero-order chi connectivity index (χ0) is 23.1. The molecule has 0 bridgehead atoms. The van der Waals surface area contributed by atoms with E-state index >= 15 is 0 Å². The number of likely N-dealkylation sites (tertiary alicyclic amines) is 1. The largest absolute Gasteiger partial charge is 0.497 e. The number of benzene rings is 1. The number of piperidine rings is 1. The van der Waals surface area contributed by atoms with Gasteiger partial charge in [-0.2, -0.15) is 0 Å². The number of guanidine groups is 1. The highest BCUT2D eigenvalue weighted by Crippen LogP contribution is 2.29. The van der Waals surface area contributed by atoms with Gasteiger partial charge in [-0.15, -0.1) is 0 Å². The van der Waals surface area contributed by atoms with Crippen LogP contribution in [0.3, 0.4) is 0 Å². The third-order valence-corrected chi connectivity index (χ3v) is 7.11. The summed E-state index contributed by atoms with van der Waals surface area (Å²) in [7, 11) is 3.38. The first-order valence-electron chi connectivity index (χ1n) is 11.9. The highest BCUT2D eigenvalue weighted by atomic mass is 16.5. The summed E-state index contributed by atoms with van der Waals surface area (Å²) in [6, 6.07) is 7.04. The van der Waals surface area contributed by atoms with Crippen molar-refractivity contribution in [2.75, 3.05) is 58.3 Å². The molecule has 0 radical (unpaired) electrons. The van der Waals surface area contributed by atoms with Gasteiger partial charge in [0.15, 0.2) is 0 Å². The van der Waals surface area contributed by atoms with Gasteiger partial charge in [-0.3, -0.25) is 14.6 Å². The van der Waals surface area contributed by atoms with Gasteiger partial charge in [0.25, 0.3) is 5.91 Å². The molecule has 4 aliphatic heterocycles. The summed E-state index contributed by atoms with van der Waals surface area (Å²) in [5, 5.41) is 0. The van der Waals surface area contributed by atoms with Crippen molar-refractivity contribution in [3.63, 3.8) is 0 Å². The molecule has 2 fully saturated rings. The first-order chi connectivity index (χ1) is 16.0. The summed E-state index contributed by atoms with van der Waals surface area (Å²) >= 11 is 0. The Kier molecular flexibility index (Phi) is 5.82. The minimum Gasteiger partial charge on any atom is -0.497 e. The molecular formula is C24H33N6O3+. The zero-order valence-corrected chi connectivity index (χ0v) is 19.7. The van der Waals surface area contributed by atoms with Crippen LogP contribution in [-0.2, 0) is 4.79 Å². The van der Waals surface area contributed by atoms with E-state index in [1.807, 2.05) is 24.3 Å². The van der Waals surface area contributed by atoms with E-state index < -0.39 is 6.04 Å². The van der Waals surface area contributed by atoms with Crippen LogP contribution in [-0.4, -0.2) is 102 Å². The molecule has 176 valence electrons. The molecule has 0 spiro atoms. The minimum absolute atomic E-state index is 0.160. The topological polar surface area (TPSA) is 71.7 Å². The number of likely N-dealkylation sites (N-methyl/N-ethyl adjacent to an activating group) is 1. The van der Waals surface area contributed by atoms with Gasteiger partial charge in [-0.25, -0.2) is 14.3 Å². The molecule has 1 aromatic carbocycles. The Labute approximate surface area is 194 Å². The van der Waals surface area contributed by atoms with Gasteiger partial charge in [0.1, 0.15) is 11.4 Å². The van der Waals surface area contributed by atoms with Crippen molar-refractivity contribution in [3.8, 4) is 5.75 Å². The predicted molar refractivity (Wildman–Crippen MR) is 126 cm³/mol. The van der Waals surface area contributed by atoms with Crippen LogP contribution in [0.1, 0.15) is 26.2 Å². The molecule has 1 aromatic rings. The highest BCUT2D eigenvalue weighted by molar-refractivity contribution is 6.24. The lowest BCUT2D eigenvalue weighted by atomic mass is 10.1. The molecule has 5 rings (SSSR count). The SMILES string of the molecule is COc1ccc(N2CC(C)C[N+]3=C2N=C2C3C(=O)N(CCN3CCCCC3)C(=O)N2C)cc1. The molecule has 9 nitrogen and oxygen atoms in total. The number of imide groups is 1. The molecule has 2 atom stereocenters. The molecule has 2 unspecified atom stereocenters. The first kappa shape index (κ1) is 21.9. The minimum atomic E-state index is -0.549. The normalized spacial score (nSPS) is 25.9. The van der Waals surface area contributed by atoms with E-state index in [-0.39, 0.29) is 11.9 Å². The summed E-state index contributed by atoms with van der Waals surface area (Å²) in [4.78, 5) is 39.1. The highest BCUT2D eigenvalue weighted by Gasteiger charge is 2.55. The van der Waals surface area contributed by atoms with E-state index in [4.69, 9.17) is 9.73 Å². The number of hydrogen-bond donors (Lipinski definition) is 0. The second kappa shape index (κ2) is 8.78. The number of anilines is 1. The number of urea groups is 1. The second-order valence-electron chi connectivity index (χ2n) is 9.47. The molecule has 0 aliphatic carbocycles. The van der Waals surface area contributed by atoms with Crippen LogP contribution in [0.5, 0.6) is 5.75 Å². The lowest BCUT2D eigenvalue weighted by Gasteiger charge is -2.36. The lowest BCUT2D eigenvalue weighted by Crippen LogP contribution is -2.64. The van der Waals surface area contributed by atoms with Crippen LogP contribution in [0.25, 0.3) is 0 Å². The fourth-order valence-electron chi connectivity index (χ4n) is 5.31. The van der Waals surface area contributed by atoms with Gasteiger partial charge in [-0.05, 0) is 50.2 Å². The molecule has 0 N–H and O–H groups in total. The van der Waals surface area contributed by atoms with E-state index in [1.165, 1.54) is 24.2 Å². The summed E-state index contributed by atoms with van der Waals surface area (Å²) in [5.74, 6) is 2.24. The van der Waals surface area contributed by atoms with Crippen molar-refractivity contribution < 1.29 is 18.9 Å². The number of amidine groups is 1. The van der Waals surface area contributed by atoms with Gasteiger partial charge < -0.3 is 9.64 Å². The third-order valence-electron chi connectivity index (χ3n) is 7.11. The van der Waals surface area contributed by atoms with Crippen molar-refractivity contribution in [2.45, 2.75) is 32.2 Å². The first-order valence-corrected chi connectivity index (χ1v) is 11.9. The number of carbonyl (C=O) groups excluding carboxylic acids is 2. The van der Waals surface area contributed by atoms with Gasteiger partial charge in [0.2, 0.25) is 11.9 Å². The second-order valence-corrected chi connectivity index (χ2v) is 9.47. The summed E-state index contributed by atoms with van der Waals surface area (Å²) in [5.41, 5.74) is 0.994. The Hall–Kier alpha value is -2.94. The third kappa shape index (κ3) is 3.88. The van der Waals surface area contributed by atoms with E-state index in [9.17, 15) is 9.59 Å². The van der Waals surface area contributed by atoms with Crippen LogP contribution in [0.2, 0.25) is 0 Å². The maximum Gasteiger partial charge on any atom is 0.397 e.